The van der Waals surface area contributed by atoms with E-state index in [9.17, 15) is 9.59 Å². The van der Waals surface area contributed by atoms with Gasteiger partial charge in [-0.05, 0) is 43.5 Å². The fourth-order valence-corrected chi connectivity index (χ4v) is 3.00. The molecule has 1 aromatic carbocycles. The fraction of sp³-hybridized carbons (Fsp3) is 0.471. The van der Waals surface area contributed by atoms with E-state index < -0.39 is 5.97 Å². The number of anilines is 1. The molecule has 0 aromatic heterocycles. The zero-order valence-electron chi connectivity index (χ0n) is 12.7. The molecule has 2 fully saturated rings. The second-order valence-electron chi connectivity index (χ2n) is 5.78. The van der Waals surface area contributed by atoms with Crippen LogP contribution in [-0.4, -0.2) is 31.3 Å². The van der Waals surface area contributed by atoms with Crippen molar-refractivity contribution in [1.82, 2.24) is 0 Å². The van der Waals surface area contributed by atoms with E-state index in [1.54, 1.807) is 24.3 Å². The summed E-state index contributed by atoms with van der Waals surface area (Å²) in [5, 5.41) is 9.14. The van der Waals surface area contributed by atoms with Gasteiger partial charge in [-0.1, -0.05) is 6.42 Å². The smallest absolute Gasteiger partial charge is 0.414 e. The number of carbonyl (C=O) groups excluding carboxylic acids is 2. The minimum atomic E-state index is -0.423. The van der Waals surface area contributed by atoms with Crippen LogP contribution in [0, 0.1) is 17.2 Å². The lowest BCUT2D eigenvalue weighted by Crippen LogP contribution is -2.29. The summed E-state index contributed by atoms with van der Waals surface area (Å²) >= 11 is 0. The van der Waals surface area contributed by atoms with Gasteiger partial charge in [-0.15, -0.1) is 0 Å². The fourth-order valence-electron chi connectivity index (χ4n) is 3.00. The molecule has 1 aliphatic carbocycles. The number of nitriles is 1. The van der Waals surface area contributed by atoms with E-state index in [1.807, 2.05) is 0 Å². The molecular formula is C17H18N2O4. The van der Waals surface area contributed by atoms with Crippen molar-refractivity contribution in [2.75, 3.05) is 18.1 Å². The molecule has 0 unspecified atom stereocenters. The number of ether oxygens (including phenoxy) is 2. The number of hydrogen-bond donors (Lipinski definition) is 0. The number of hydrogen-bond acceptors (Lipinski definition) is 5. The second-order valence-corrected chi connectivity index (χ2v) is 5.78. The van der Waals surface area contributed by atoms with E-state index >= 15 is 0 Å². The van der Waals surface area contributed by atoms with Crippen LogP contribution in [0.3, 0.4) is 0 Å². The lowest BCUT2D eigenvalue weighted by Gasteiger charge is -2.26. The van der Waals surface area contributed by atoms with E-state index in [1.165, 1.54) is 4.90 Å². The predicted octanol–water partition coefficient (Wildman–Crippen LogP) is 2.88. The molecule has 6 nitrogen and oxygen atoms in total. The number of amides is 1. The minimum Gasteiger partial charge on any atom is -0.457 e. The van der Waals surface area contributed by atoms with Crippen molar-refractivity contribution < 1.29 is 19.1 Å². The van der Waals surface area contributed by atoms with Crippen molar-refractivity contribution in [2.24, 2.45) is 5.92 Å². The number of rotatable bonds is 3. The third-order valence-corrected chi connectivity index (χ3v) is 4.30. The summed E-state index contributed by atoms with van der Waals surface area (Å²) < 4.78 is 10.4. The highest BCUT2D eigenvalue weighted by atomic mass is 16.6. The molecule has 1 saturated heterocycles. The van der Waals surface area contributed by atoms with Gasteiger partial charge in [0.1, 0.15) is 12.7 Å². The molecule has 23 heavy (non-hydrogen) atoms. The van der Waals surface area contributed by atoms with Crippen LogP contribution in [0.4, 0.5) is 10.5 Å². The molecule has 1 heterocycles. The minimum absolute atomic E-state index is 0.216. The van der Waals surface area contributed by atoms with Crippen LogP contribution in [0.25, 0.3) is 0 Å². The zero-order chi connectivity index (χ0) is 16.2. The van der Waals surface area contributed by atoms with E-state index in [0.29, 0.717) is 24.4 Å². The maximum absolute atomic E-state index is 12.2. The number of benzene rings is 1. The number of nitrogens with zero attached hydrogens (tertiary/aromatic N) is 2. The van der Waals surface area contributed by atoms with E-state index in [0.717, 1.165) is 25.7 Å². The van der Waals surface area contributed by atoms with Crippen LogP contribution >= 0.6 is 0 Å². The molecule has 1 saturated carbocycles. The van der Waals surface area contributed by atoms with Gasteiger partial charge in [0.25, 0.3) is 0 Å². The van der Waals surface area contributed by atoms with Crippen LogP contribution in [0.1, 0.15) is 36.0 Å². The van der Waals surface area contributed by atoms with Gasteiger partial charge >= 0.3 is 12.1 Å². The third-order valence-electron chi connectivity index (χ3n) is 4.30. The number of cyclic esters (lactones) is 1. The summed E-state index contributed by atoms with van der Waals surface area (Å²) in [6.07, 6.45) is 2.81. The topological polar surface area (TPSA) is 79.6 Å². The van der Waals surface area contributed by atoms with Crippen LogP contribution in [0.5, 0.6) is 0 Å². The molecule has 1 amide bonds. The lowest BCUT2D eigenvalue weighted by atomic mass is 9.87. The highest BCUT2D eigenvalue weighted by Gasteiger charge is 2.29. The van der Waals surface area contributed by atoms with Crippen molar-refractivity contribution in [3.8, 4) is 6.07 Å². The van der Waals surface area contributed by atoms with Gasteiger partial charge in [-0.3, -0.25) is 4.90 Å². The van der Waals surface area contributed by atoms with Crippen molar-refractivity contribution >= 4 is 17.7 Å². The summed E-state index contributed by atoms with van der Waals surface area (Å²) in [6, 6.07) is 8.89. The lowest BCUT2D eigenvalue weighted by molar-refractivity contribution is 0.0107. The van der Waals surface area contributed by atoms with Gasteiger partial charge in [0.05, 0.1) is 24.1 Å². The molecule has 0 radical (unpaired) electrons. The van der Waals surface area contributed by atoms with Crippen LogP contribution < -0.4 is 4.90 Å². The molecule has 120 valence electrons. The summed E-state index contributed by atoms with van der Waals surface area (Å²) in [4.78, 5) is 25.3. The van der Waals surface area contributed by atoms with Crippen LogP contribution in [0.15, 0.2) is 24.3 Å². The van der Waals surface area contributed by atoms with Crippen molar-refractivity contribution in [3.63, 3.8) is 0 Å². The molecule has 2 atom stereocenters. The first kappa shape index (κ1) is 15.3. The average molecular weight is 314 g/mol. The number of carbonyl (C=O) groups is 2. The van der Waals surface area contributed by atoms with Gasteiger partial charge in [-0.25, -0.2) is 9.59 Å². The van der Waals surface area contributed by atoms with E-state index in [-0.39, 0.29) is 18.1 Å². The van der Waals surface area contributed by atoms with Gasteiger partial charge in [0.15, 0.2) is 0 Å². The van der Waals surface area contributed by atoms with Crippen LogP contribution in [-0.2, 0) is 9.47 Å². The van der Waals surface area contributed by atoms with Gasteiger partial charge in [-0.2, -0.15) is 5.26 Å². The van der Waals surface area contributed by atoms with Crippen molar-refractivity contribution in [1.29, 1.82) is 5.26 Å². The maximum atomic E-state index is 12.2. The molecule has 3 rings (SSSR count). The molecule has 2 aliphatic rings. The summed E-state index contributed by atoms with van der Waals surface area (Å²) in [7, 11) is 0. The van der Waals surface area contributed by atoms with Crippen LogP contribution in [0.2, 0.25) is 0 Å². The molecule has 1 aliphatic heterocycles. The zero-order valence-corrected chi connectivity index (χ0v) is 12.7. The molecule has 6 heteroatoms. The Morgan fingerprint density at radius 2 is 2.00 bits per heavy atom. The van der Waals surface area contributed by atoms with Gasteiger partial charge < -0.3 is 9.47 Å². The Morgan fingerprint density at radius 3 is 2.65 bits per heavy atom. The molecule has 1 aromatic rings. The quantitative estimate of drug-likeness (QED) is 0.801. The molecule has 0 spiro atoms. The first-order chi connectivity index (χ1) is 11.2. The van der Waals surface area contributed by atoms with Crippen molar-refractivity contribution in [2.45, 2.75) is 31.8 Å². The first-order valence-corrected chi connectivity index (χ1v) is 7.84. The summed E-state index contributed by atoms with van der Waals surface area (Å²) in [5.41, 5.74) is 1.11. The molecule has 0 bridgehead atoms. The Hall–Kier alpha value is -2.55. The first-order valence-electron chi connectivity index (χ1n) is 7.84. The Kier molecular flexibility index (Phi) is 4.47. The normalized spacial score (nSPS) is 24.0. The molecular weight excluding hydrogens is 296 g/mol. The average Bonchev–Trinajstić information content (AvgIpc) is 3.01. The highest BCUT2D eigenvalue weighted by molar-refractivity contribution is 5.92. The summed E-state index contributed by atoms with van der Waals surface area (Å²) in [5.74, 6) is -0.640. The van der Waals surface area contributed by atoms with Gasteiger partial charge in [0, 0.05) is 5.69 Å². The standard InChI is InChI=1S/C17H18N2O4/c18-11-13-3-1-2-4-15(13)23-16(20)12-5-7-14(8-6-12)19-9-10-22-17(19)21/h5-8,13,15H,1-4,9-10H2/t13-,15-/m0/s1. The maximum Gasteiger partial charge on any atom is 0.414 e. The number of esters is 1. The second kappa shape index (κ2) is 6.69. The Morgan fingerprint density at radius 1 is 1.26 bits per heavy atom. The highest BCUT2D eigenvalue weighted by Crippen LogP contribution is 2.27. The summed E-state index contributed by atoms with van der Waals surface area (Å²) in [6.45, 7) is 0.883. The Balaban J connectivity index is 1.66. The van der Waals surface area contributed by atoms with Gasteiger partial charge in [0.2, 0.25) is 0 Å². The van der Waals surface area contributed by atoms with E-state index in [2.05, 4.69) is 6.07 Å². The third kappa shape index (κ3) is 3.29. The SMILES string of the molecule is N#C[C@@H]1CCCC[C@@H]1OC(=O)c1ccc(N2CCOC2=O)cc1. The molecule has 0 N–H and O–H groups in total. The largest absolute Gasteiger partial charge is 0.457 e. The monoisotopic (exact) mass is 314 g/mol. The van der Waals surface area contributed by atoms with E-state index in [4.69, 9.17) is 14.7 Å². The Labute approximate surface area is 134 Å². The Bertz CT molecular complexity index is 635. The van der Waals surface area contributed by atoms with Crippen molar-refractivity contribution in [3.05, 3.63) is 29.8 Å². The predicted molar refractivity (Wildman–Crippen MR) is 81.9 cm³/mol.